The number of nitrogens with one attached hydrogen (secondary N) is 1. The van der Waals surface area contributed by atoms with E-state index in [-0.39, 0.29) is 0 Å². The van der Waals surface area contributed by atoms with Gasteiger partial charge in [0.2, 0.25) is 0 Å². The predicted octanol–water partition coefficient (Wildman–Crippen LogP) is 1.96. The monoisotopic (exact) mass is 186 g/mol. The van der Waals surface area contributed by atoms with Crippen LogP contribution in [0.5, 0.6) is 0 Å². The van der Waals surface area contributed by atoms with E-state index in [0.29, 0.717) is 0 Å². The molecular formula is C11H26N2. The lowest BCUT2D eigenvalue weighted by Crippen LogP contribution is -2.35. The third-order valence-electron chi connectivity index (χ3n) is 2.61. The van der Waals surface area contributed by atoms with Crippen LogP contribution in [0.25, 0.3) is 0 Å². The lowest BCUT2D eigenvalue weighted by molar-refractivity contribution is 0.392. The van der Waals surface area contributed by atoms with E-state index < -0.39 is 0 Å². The van der Waals surface area contributed by atoms with E-state index in [4.69, 9.17) is 0 Å². The highest BCUT2D eigenvalue weighted by atomic mass is 15.2. The first-order valence-corrected chi connectivity index (χ1v) is 5.69. The third-order valence-corrected chi connectivity index (χ3v) is 2.61. The van der Waals surface area contributed by atoms with Gasteiger partial charge in [-0.15, -0.1) is 0 Å². The molecule has 1 fully saturated rings. The van der Waals surface area contributed by atoms with Crippen LogP contribution in [-0.4, -0.2) is 37.6 Å². The molecule has 2 unspecified atom stereocenters. The largest absolute Gasteiger partial charge is 0.313 e. The van der Waals surface area contributed by atoms with Crippen LogP contribution < -0.4 is 5.32 Å². The molecule has 2 nitrogen and oxygen atoms in total. The Morgan fingerprint density at radius 3 is 2.31 bits per heavy atom. The molecule has 0 radical (unpaired) electrons. The normalized spacial score (nSPS) is 28.4. The Labute approximate surface area is 83.7 Å². The average molecular weight is 186 g/mol. The first-order valence-electron chi connectivity index (χ1n) is 5.69. The molecule has 1 aliphatic rings. The summed E-state index contributed by atoms with van der Waals surface area (Å²) >= 11 is 0. The zero-order valence-corrected chi connectivity index (χ0v) is 9.93. The van der Waals surface area contributed by atoms with E-state index >= 15 is 0 Å². The fourth-order valence-electron chi connectivity index (χ4n) is 1.99. The van der Waals surface area contributed by atoms with Crippen LogP contribution in [0, 0.1) is 5.92 Å². The maximum Gasteiger partial charge on any atom is 0.0235 e. The van der Waals surface area contributed by atoms with E-state index in [1.807, 2.05) is 13.8 Å². The van der Waals surface area contributed by atoms with E-state index in [2.05, 4.69) is 31.1 Å². The Kier molecular flexibility index (Phi) is 7.29. The summed E-state index contributed by atoms with van der Waals surface area (Å²) in [5.41, 5.74) is 0. The van der Waals surface area contributed by atoms with Crippen LogP contribution in [0.3, 0.4) is 0 Å². The zero-order valence-electron chi connectivity index (χ0n) is 9.93. The average Bonchev–Trinajstić information content (AvgIpc) is 2.50. The number of hydrogen-bond acceptors (Lipinski definition) is 2. The molecular weight excluding hydrogens is 160 g/mol. The number of nitrogens with zero attached hydrogens (tertiary/aromatic N) is 1. The molecule has 0 saturated carbocycles. The summed E-state index contributed by atoms with van der Waals surface area (Å²) in [5, 5.41) is 3.53. The lowest BCUT2D eigenvalue weighted by atomic mass is 10.0. The first-order chi connectivity index (χ1) is 6.27. The Hall–Kier alpha value is -0.0800. The standard InChI is InChI=1S/C9H20N2.C2H6/c1-4-8-6-11(3)7-9(8)10-5-2;1-2/h8-10H,4-7H2,1-3H3;1-2H3. The minimum Gasteiger partial charge on any atom is -0.313 e. The summed E-state index contributed by atoms with van der Waals surface area (Å²) in [6.45, 7) is 12.1. The number of hydrogen-bond donors (Lipinski definition) is 1. The highest BCUT2D eigenvalue weighted by Crippen LogP contribution is 2.17. The SMILES string of the molecule is CC.CCNC1CN(C)CC1CC. The first kappa shape index (κ1) is 12.9. The molecule has 0 aromatic rings. The molecule has 1 rings (SSSR count). The second-order valence-electron chi connectivity index (χ2n) is 3.55. The van der Waals surface area contributed by atoms with Crippen LogP contribution in [-0.2, 0) is 0 Å². The van der Waals surface area contributed by atoms with Crippen molar-refractivity contribution in [1.29, 1.82) is 0 Å². The molecule has 1 heterocycles. The minimum absolute atomic E-state index is 0.745. The van der Waals surface area contributed by atoms with Gasteiger partial charge >= 0.3 is 0 Å². The topological polar surface area (TPSA) is 15.3 Å². The molecule has 1 aliphatic heterocycles. The van der Waals surface area contributed by atoms with Gasteiger partial charge in [-0.1, -0.05) is 34.1 Å². The number of likely N-dealkylation sites (N-methyl/N-ethyl adjacent to an activating group) is 2. The van der Waals surface area contributed by atoms with Crippen molar-refractivity contribution < 1.29 is 0 Å². The van der Waals surface area contributed by atoms with Crippen molar-refractivity contribution in [1.82, 2.24) is 10.2 Å². The lowest BCUT2D eigenvalue weighted by Gasteiger charge is -2.16. The van der Waals surface area contributed by atoms with Crippen LogP contribution >= 0.6 is 0 Å². The van der Waals surface area contributed by atoms with Crippen molar-refractivity contribution in [3.8, 4) is 0 Å². The van der Waals surface area contributed by atoms with Gasteiger partial charge in [-0.2, -0.15) is 0 Å². The van der Waals surface area contributed by atoms with Crippen LogP contribution in [0.4, 0.5) is 0 Å². The molecule has 1 saturated heterocycles. The van der Waals surface area contributed by atoms with E-state index in [1.165, 1.54) is 19.5 Å². The van der Waals surface area contributed by atoms with Gasteiger partial charge in [-0.3, -0.25) is 0 Å². The van der Waals surface area contributed by atoms with Crippen molar-refractivity contribution in [3.63, 3.8) is 0 Å². The van der Waals surface area contributed by atoms with Gasteiger partial charge in [-0.25, -0.2) is 0 Å². The Bertz CT molecular complexity index is 115. The van der Waals surface area contributed by atoms with Gasteiger partial charge in [0, 0.05) is 19.1 Å². The summed E-state index contributed by atoms with van der Waals surface area (Å²) in [5.74, 6) is 0.875. The molecule has 2 atom stereocenters. The molecule has 2 heteroatoms. The Morgan fingerprint density at radius 1 is 1.23 bits per heavy atom. The fraction of sp³-hybridized carbons (Fsp3) is 1.00. The molecule has 1 N–H and O–H groups in total. The van der Waals surface area contributed by atoms with Gasteiger partial charge < -0.3 is 10.2 Å². The Morgan fingerprint density at radius 2 is 1.85 bits per heavy atom. The van der Waals surface area contributed by atoms with Gasteiger partial charge in [-0.05, 0) is 19.5 Å². The third kappa shape index (κ3) is 4.10. The maximum absolute atomic E-state index is 3.53. The van der Waals surface area contributed by atoms with E-state index in [0.717, 1.165) is 18.5 Å². The summed E-state index contributed by atoms with van der Waals surface area (Å²) in [4.78, 5) is 2.42. The maximum atomic E-state index is 3.53. The molecule has 80 valence electrons. The van der Waals surface area contributed by atoms with Crippen LogP contribution in [0.2, 0.25) is 0 Å². The van der Waals surface area contributed by atoms with Gasteiger partial charge in [0.15, 0.2) is 0 Å². The van der Waals surface area contributed by atoms with Gasteiger partial charge in [0.05, 0.1) is 0 Å². The van der Waals surface area contributed by atoms with Crippen molar-refractivity contribution in [3.05, 3.63) is 0 Å². The van der Waals surface area contributed by atoms with Crippen molar-refractivity contribution in [2.24, 2.45) is 5.92 Å². The molecule has 0 bridgehead atoms. The van der Waals surface area contributed by atoms with Gasteiger partial charge in [0.25, 0.3) is 0 Å². The molecule has 0 aromatic heterocycles. The number of likely N-dealkylation sites (tertiary alicyclic amines) is 1. The second kappa shape index (κ2) is 7.34. The molecule has 0 aromatic carbocycles. The van der Waals surface area contributed by atoms with E-state index in [1.54, 1.807) is 0 Å². The van der Waals surface area contributed by atoms with Crippen molar-refractivity contribution in [2.75, 3.05) is 26.7 Å². The molecule has 13 heavy (non-hydrogen) atoms. The highest BCUT2D eigenvalue weighted by Gasteiger charge is 2.27. The molecule has 0 amide bonds. The second-order valence-corrected chi connectivity index (χ2v) is 3.55. The van der Waals surface area contributed by atoms with E-state index in [9.17, 15) is 0 Å². The van der Waals surface area contributed by atoms with Crippen LogP contribution in [0.15, 0.2) is 0 Å². The summed E-state index contributed by atoms with van der Waals surface area (Å²) in [6, 6.07) is 0.745. The predicted molar refractivity (Wildman–Crippen MR) is 60.1 cm³/mol. The highest BCUT2D eigenvalue weighted by molar-refractivity contribution is 4.86. The quantitative estimate of drug-likeness (QED) is 0.725. The molecule has 0 aliphatic carbocycles. The van der Waals surface area contributed by atoms with Crippen molar-refractivity contribution >= 4 is 0 Å². The molecule has 0 spiro atoms. The summed E-state index contributed by atoms with van der Waals surface area (Å²) in [7, 11) is 2.21. The van der Waals surface area contributed by atoms with Gasteiger partial charge in [0.1, 0.15) is 0 Å². The summed E-state index contributed by atoms with van der Waals surface area (Å²) in [6.07, 6.45) is 1.31. The zero-order chi connectivity index (χ0) is 10.3. The minimum atomic E-state index is 0.745. The summed E-state index contributed by atoms with van der Waals surface area (Å²) < 4.78 is 0. The number of rotatable bonds is 3. The smallest absolute Gasteiger partial charge is 0.0235 e. The van der Waals surface area contributed by atoms with Crippen LogP contribution in [0.1, 0.15) is 34.1 Å². The Balaban J connectivity index is 0.000000671. The van der Waals surface area contributed by atoms with Crippen molar-refractivity contribution in [2.45, 2.75) is 40.2 Å². The fourth-order valence-corrected chi connectivity index (χ4v) is 1.99.